The first-order valence-corrected chi connectivity index (χ1v) is 10.5. The maximum absolute atomic E-state index is 13.1. The van der Waals surface area contributed by atoms with E-state index >= 15 is 0 Å². The van der Waals surface area contributed by atoms with Crippen molar-refractivity contribution in [1.29, 1.82) is 0 Å². The van der Waals surface area contributed by atoms with Gasteiger partial charge in [-0.3, -0.25) is 14.7 Å². The fourth-order valence-electron chi connectivity index (χ4n) is 3.80. The van der Waals surface area contributed by atoms with Gasteiger partial charge in [-0.25, -0.2) is 4.39 Å². The zero-order chi connectivity index (χ0) is 21.5. The Labute approximate surface area is 181 Å². The molecule has 1 amide bonds. The first kappa shape index (κ1) is 21.0. The molecule has 6 heteroatoms. The van der Waals surface area contributed by atoms with E-state index in [9.17, 15) is 9.18 Å². The van der Waals surface area contributed by atoms with E-state index in [1.807, 2.05) is 36.4 Å². The van der Waals surface area contributed by atoms with Gasteiger partial charge in [0, 0.05) is 31.0 Å². The van der Waals surface area contributed by atoms with Gasteiger partial charge in [0.15, 0.2) is 0 Å². The molecule has 1 aliphatic heterocycles. The van der Waals surface area contributed by atoms with Crippen LogP contribution in [-0.2, 0) is 24.5 Å². The van der Waals surface area contributed by atoms with Crippen LogP contribution in [0.2, 0.25) is 0 Å². The fourth-order valence-corrected chi connectivity index (χ4v) is 3.80. The zero-order valence-electron chi connectivity index (χ0n) is 17.3. The summed E-state index contributed by atoms with van der Waals surface area (Å²) in [7, 11) is 0. The van der Waals surface area contributed by atoms with E-state index in [-0.39, 0.29) is 17.8 Å². The number of halogens is 1. The highest BCUT2D eigenvalue weighted by atomic mass is 19.1. The van der Waals surface area contributed by atoms with E-state index in [2.05, 4.69) is 15.2 Å². The van der Waals surface area contributed by atoms with Gasteiger partial charge < -0.3 is 10.1 Å². The molecular weight excluding hydrogens is 393 g/mol. The topological polar surface area (TPSA) is 54.5 Å². The molecule has 0 bridgehead atoms. The summed E-state index contributed by atoms with van der Waals surface area (Å²) in [6.45, 7) is 2.47. The van der Waals surface area contributed by atoms with E-state index in [0.717, 1.165) is 41.8 Å². The van der Waals surface area contributed by atoms with Crippen LogP contribution in [0.3, 0.4) is 0 Å². The Bertz CT molecular complexity index is 978. The third kappa shape index (κ3) is 5.89. The van der Waals surface area contributed by atoms with Crippen molar-refractivity contribution in [2.45, 2.75) is 38.6 Å². The van der Waals surface area contributed by atoms with Gasteiger partial charge in [-0.2, -0.15) is 0 Å². The van der Waals surface area contributed by atoms with Crippen molar-refractivity contribution in [2.75, 3.05) is 6.54 Å². The zero-order valence-corrected chi connectivity index (χ0v) is 17.3. The van der Waals surface area contributed by atoms with Gasteiger partial charge in [0.05, 0.1) is 6.04 Å². The van der Waals surface area contributed by atoms with Gasteiger partial charge in [-0.15, -0.1) is 0 Å². The van der Waals surface area contributed by atoms with Crippen molar-refractivity contribution < 1.29 is 13.9 Å². The van der Waals surface area contributed by atoms with Crippen LogP contribution in [0.5, 0.6) is 5.75 Å². The van der Waals surface area contributed by atoms with Crippen molar-refractivity contribution in [1.82, 2.24) is 15.2 Å². The molecular formula is C25H26FN3O2. The number of rotatable bonds is 8. The second-order valence-electron chi connectivity index (χ2n) is 7.77. The summed E-state index contributed by atoms with van der Waals surface area (Å²) >= 11 is 0. The average molecular weight is 420 g/mol. The number of benzene rings is 2. The molecule has 31 heavy (non-hydrogen) atoms. The summed E-state index contributed by atoms with van der Waals surface area (Å²) in [4.78, 5) is 19.0. The fraction of sp³-hybridized carbons (Fsp3) is 0.280. The van der Waals surface area contributed by atoms with E-state index in [4.69, 9.17) is 4.74 Å². The number of carbonyl (C=O) groups excluding carboxylic acids is 1. The lowest BCUT2D eigenvalue weighted by molar-refractivity contribution is -0.125. The van der Waals surface area contributed by atoms with Crippen LogP contribution in [0.4, 0.5) is 4.39 Å². The highest BCUT2D eigenvalue weighted by Gasteiger charge is 2.30. The first-order valence-electron chi connectivity index (χ1n) is 10.5. The van der Waals surface area contributed by atoms with E-state index in [0.29, 0.717) is 19.7 Å². The lowest BCUT2D eigenvalue weighted by Gasteiger charge is -2.23. The van der Waals surface area contributed by atoms with Gasteiger partial charge in [0.1, 0.15) is 18.2 Å². The third-order valence-electron chi connectivity index (χ3n) is 5.48. The number of pyridine rings is 1. The number of nitrogens with zero attached hydrogens (tertiary/aromatic N) is 2. The number of aromatic nitrogens is 1. The molecule has 0 saturated carbocycles. The Morgan fingerprint density at radius 3 is 2.58 bits per heavy atom. The minimum Gasteiger partial charge on any atom is -0.489 e. The SMILES string of the molecule is O=C(NCc1ccc(OCc2cccnc2)cc1)C1CCCN1Cc1ccc(F)cc1. The van der Waals surface area contributed by atoms with Crippen molar-refractivity contribution in [3.8, 4) is 5.75 Å². The van der Waals surface area contributed by atoms with Gasteiger partial charge >= 0.3 is 0 Å². The molecule has 1 unspecified atom stereocenters. The quantitative estimate of drug-likeness (QED) is 0.598. The van der Waals surface area contributed by atoms with Crippen LogP contribution >= 0.6 is 0 Å². The second kappa shape index (κ2) is 10.2. The lowest BCUT2D eigenvalue weighted by Crippen LogP contribution is -2.42. The smallest absolute Gasteiger partial charge is 0.237 e. The van der Waals surface area contributed by atoms with E-state index in [1.54, 1.807) is 24.5 Å². The largest absolute Gasteiger partial charge is 0.489 e. The Kier molecular flexibility index (Phi) is 6.89. The number of carbonyl (C=O) groups is 1. The van der Waals surface area contributed by atoms with Crippen LogP contribution in [-0.4, -0.2) is 28.4 Å². The molecule has 0 spiro atoms. The molecule has 2 heterocycles. The molecule has 0 radical (unpaired) electrons. The second-order valence-corrected chi connectivity index (χ2v) is 7.77. The van der Waals surface area contributed by atoms with Crippen LogP contribution in [0, 0.1) is 5.82 Å². The molecule has 160 valence electrons. The Morgan fingerprint density at radius 2 is 1.84 bits per heavy atom. The molecule has 1 fully saturated rings. The first-order chi connectivity index (χ1) is 15.2. The highest BCUT2D eigenvalue weighted by molar-refractivity contribution is 5.82. The van der Waals surface area contributed by atoms with Gasteiger partial charge in [0.25, 0.3) is 0 Å². The Morgan fingerprint density at radius 1 is 1.06 bits per heavy atom. The molecule has 4 rings (SSSR count). The Balaban J connectivity index is 1.26. The summed E-state index contributed by atoms with van der Waals surface area (Å²) in [6.07, 6.45) is 5.35. The third-order valence-corrected chi connectivity index (χ3v) is 5.48. The van der Waals surface area contributed by atoms with Crippen molar-refractivity contribution >= 4 is 5.91 Å². The molecule has 1 atom stereocenters. The highest BCUT2D eigenvalue weighted by Crippen LogP contribution is 2.21. The van der Waals surface area contributed by atoms with E-state index < -0.39 is 0 Å². The maximum atomic E-state index is 13.1. The predicted molar refractivity (Wildman–Crippen MR) is 117 cm³/mol. The van der Waals surface area contributed by atoms with Gasteiger partial charge in [0.2, 0.25) is 5.91 Å². The standard InChI is InChI=1S/C25H26FN3O2/c26-22-9-5-20(6-10-22)17-29-14-2-4-24(29)25(30)28-16-19-7-11-23(12-8-19)31-18-21-3-1-13-27-15-21/h1,3,5-13,15,24H,2,4,14,16-18H2,(H,28,30). The minimum atomic E-state index is -0.243. The number of amides is 1. The predicted octanol–water partition coefficient (Wildman–Crippen LogP) is 4.08. The summed E-state index contributed by atoms with van der Waals surface area (Å²) < 4.78 is 18.9. The number of hydrogen-bond donors (Lipinski definition) is 1. The molecule has 1 N–H and O–H groups in total. The minimum absolute atomic E-state index is 0.0384. The summed E-state index contributed by atoms with van der Waals surface area (Å²) in [6, 6.07) is 17.9. The van der Waals surface area contributed by atoms with Crippen molar-refractivity contribution in [2.24, 2.45) is 0 Å². The number of nitrogens with one attached hydrogen (secondary N) is 1. The summed E-state index contributed by atoms with van der Waals surface area (Å²) in [5.41, 5.74) is 3.05. The average Bonchev–Trinajstić information content (AvgIpc) is 3.27. The van der Waals surface area contributed by atoms with Crippen molar-refractivity contribution in [3.05, 3.63) is 95.6 Å². The molecule has 5 nitrogen and oxygen atoms in total. The van der Waals surface area contributed by atoms with Crippen LogP contribution in [0.15, 0.2) is 73.1 Å². The van der Waals surface area contributed by atoms with Crippen LogP contribution < -0.4 is 10.1 Å². The van der Waals surface area contributed by atoms with Gasteiger partial charge in [-0.05, 0) is 60.8 Å². The summed E-state index contributed by atoms with van der Waals surface area (Å²) in [5, 5.41) is 3.05. The molecule has 0 aliphatic carbocycles. The molecule has 3 aromatic rings. The van der Waals surface area contributed by atoms with Crippen molar-refractivity contribution in [3.63, 3.8) is 0 Å². The van der Waals surface area contributed by atoms with Crippen LogP contribution in [0.1, 0.15) is 29.5 Å². The number of likely N-dealkylation sites (tertiary alicyclic amines) is 1. The maximum Gasteiger partial charge on any atom is 0.237 e. The van der Waals surface area contributed by atoms with Gasteiger partial charge in [-0.1, -0.05) is 30.3 Å². The lowest BCUT2D eigenvalue weighted by atomic mass is 10.1. The Hall–Kier alpha value is -3.25. The monoisotopic (exact) mass is 419 g/mol. The summed E-state index contributed by atoms with van der Waals surface area (Å²) in [5.74, 6) is 0.574. The van der Waals surface area contributed by atoms with E-state index in [1.165, 1.54) is 12.1 Å². The van der Waals surface area contributed by atoms with Crippen LogP contribution in [0.25, 0.3) is 0 Å². The number of hydrogen-bond acceptors (Lipinski definition) is 4. The molecule has 1 saturated heterocycles. The molecule has 1 aromatic heterocycles. The molecule has 1 aliphatic rings. The number of ether oxygens (including phenoxy) is 1. The molecule has 2 aromatic carbocycles. The normalized spacial score (nSPS) is 16.2.